The van der Waals surface area contributed by atoms with E-state index in [1.807, 2.05) is 6.92 Å². The van der Waals surface area contributed by atoms with E-state index in [1.165, 1.54) is 7.11 Å². The second kappa shape index (κ2) is 7.35. The van der Waals surface area contributed by atoms with Crippen LogP contribution in [0.3, 0.4) is 0 Å². The molecule has 1 N–H and O–H groups in total. The van der Waals surface area contributed by atoms with Crippen LogP contribution in [0.1, 0.15) is 32.0 Å². The second-order valence-corrected chi connectivity index (χ2v) is 5.33. The predicted molar refractivity (Wildman–Crippen MR) is 80.3 cm³/mol. The summed E-state index contributed by atoms with van der Waals surface area (Å²) in [7, 11) is 1.53. The summed E-state index contributed by atoms with van der Waals surface area (Å²) in [5.41, 5.74) is 0. The Kier molecular flexibility index (Phi) is 5.48. The van der Waals surface area contributed by atoms with Crippen LogP contribution < -0.4 is 5.32 Å². The van der Waals surface area contributed by atoms with Crippen molar-refractivity contribution >= 4 is 17.8 Å². The highest BCUT2D eigenvalue weighted by molar-refractivity contribution is 5.94. The molecule has 1 aromatic heterocycles. The molecule has 122 valence electrons. The van der Waals surface area contributed by atoms with E-state index in [0.29, 0.717) is 31.3 Å². The molecule has 0 aliphatic carbocycles. The SMILES string of the molecule is CCn1nc(C)nc1NC(=O)CN1CCCCC(OC)C1=O. The van der Waals surface area contributed by atoms with Gasteiger partial charge in [0.05, 0.1) is 0 Å². The second-order valence-electron chi connectivity index (χ2n) is 5.33. The summed E-state index contributed by atoms with van der Waals surface area (Å²) in [5.74, 6) is 0.619. The fraction of sp³-hybridized carbons (Fsp3) is 0.714. The van der Waals surface area contributed by atoms with E-state index in [-0.39, 0.29) is 18.4 Å². The molecule has 22 heavy (non-hydrogen) atoms. The predicted octanol–water partition coefficient (Wildman–Crippen LogP) is 0.572. The van der Waals surface area contributed by atoms with Crippen LogP contribution in [0.15, 0.2) is 0 Å². The van der Waals surface area contributed by atoms with Crippen LogP contribution in [0.2, 0.25) is 0 Å². The molecule has 0 bridgehead atoms. The number of hydrogen-bond acceptors (Lipinski definition) is 5. The zero-order valence-electron chi connectivity index (χ0n) is 13.3. The van der Waals surface area contributed by atoms with Crippen molar-refractivity contribution in [2.45, 2.75) is 45.8 Å². The molecule has 2 heterocycles. The maximum atomic E-state index is 12.3. The molecule has 1 aliphatic rings. The van der Waals surface area contributed by atoms with Crippen LogP contribution in [0.4, 0.5) is 5.95 Å². The first-order chi connectivity index (χ1) is 10.5. The van der Waals surface area contributed by atoms with Gasteiger partial charge in [-0.25, -0.2) is 4.68 Å². The highest BCUT2D eigenvalue weighted by Gasteiger charge is 2.28. The maximum absolute atomic E-state index is 12.3. The van der Waals surface area contributed by atoms with Crippen molar-refractivity contribution in [1.82, 2.24) is 19.7 Å². The molecule has 0 aromatic carbocycles. The van der Waals surface area contributed by atoms with Gasteiger partial charge in [-0.15, -0.1) is 0 Å². The van der Waals surface area contributed by atoms with E-state index in [9.17, 15) is 9.59 Å². The van der Waals surface area contributed by atoms with Gasteiger partial charge < -0.3 is 9.64 Å². The number of likely N-dealkylation sites (tertiary alicyclic amines) is 1. The van der Waals surface area contributed by atoms with E-state index < -0.39 is 6.10 Å². The number of nitrogens with zero attached hydrogens (tertiary/aromatic N) is 4. The highest BCUT2D eigenvalue weighted by atomic mass is 16.5. The van der Waals surface area contributed by atoms with E-state index >= 15 is 0 Å². The molecule has 2 amide bonds. The lowest BCUT2D eigenvalue weighted by Gasteiger charge is -2.22. The number of ether oxygens (including phenoxy) is 1. The Labute approximate surface area is 129 Å². The first-order valence-electron chi connectivity index (χ1n) is 7.58. The van der Waals surface area contributed by atoms with Crippen LogP contribution in [-0.2, 0) is 20.9 Å². The van der Waals surface area contributed by atoms with E-state index in [0.717, 1.165) is 12.8 Å². The van der Waals surface area contributed by atoms with Gasteiger partial charge in [0.2, 0.25) is 11.9 Å². The molecule has 2 rings (SSSR count). The van der Waals surface area contributed by atoms with Crippen molar-refractivity contribution < 1.29 is 14.3 Å². The van der Waals surface area contributed by atoms with E-state index in [4.69, 9.17) is 4.74 Å². The van der Waals surface area contributed by atoms with Crippen molar-refractivity contribution in [2.24, 2.45) is 0 Å². The Morgan fingerprint density at radius 1 is 1.45 bits per heavy atom. The van der Waals surface area contributed by atoms with Crippen LogP contribution in [0.5, 0.6) is 0 Å². The molecule has 0 saturated carbocycles. The molecule has 1 aliphatic heterocycles. The molecular formula is C14H23N5O3. The van der Waals surface area contributed by atoms with Gasteiger partial charge in [-0.05, 0) is 33.1 Å². The zero-order chi connectivity index (χ0) is 16.1. The summed E-state index contributed by atoms with van der Waals surface area (Å²) >= 11 is 0. The first kappa shape index (κ1) is 16.4. The number of aromatic nitrogens is 3. The van der Waals surface area contributed by atoms with Crippen LogP contribution in [-0.4, -0.2) is 57.8 Å². The summed E-state index contributed by atoms with van der Waals surface area (Å²) in [4.78, 5) is 30.2. The molecule has 1 saturated heterocycles. The molecule has 8 heteroatoms. The number of hydrogen-bond donors (Lipinski definition) is 1. The monoisotopic (exact) mass is 309 g/mol. The number of nitrogens with one attached hydrogen (secondary N) is 1. The average Bonchev–Trinajstić information content (AvgIpc) is 2.75. The highest BCUT2D eigenvalue weighted by Crippen LogP contribution is 2.14. The molecule has 1 unspecified atom stereocenters. The lowest BCUT2D eigenvalue weighted by Crippen LogP contribution is -2.43. The maximum Gasteiger partial charge on any atom is 0.252 e. The summed E-state index contributed by atoms with van der Waals surface area (Å²) < 4.78 is 6.82. The van der Waals surface area contributed by atoms with Gasteiger partial charge >= 0.3 is 0 Å². The number of methoxy groups -OCH3 is 1. The fourth-order valence-corrected chi connectivity index (χ4v) is 2.55. The van der Waals surface area contributed by atoms with Gasteiger partial charge in [-0.1, -0.05) is 0 Å². The van der Waals surface area contributed by atoms with Gasteiger partial charge in [0.15, 0.2) is 0 Å². The fourth-order valence-electron chi connectivity index (χ4n) is 2.55. The molecule has 0 spiro atoms. The minimum Gasteiger partial charge on any atom is -0.372 e. The molecule has 8 nitrogen and oxygen atoms in total. The first-order valence-corrected chi connectivity index (χ1v) is 7.58. The molecule has 1 atom stereocenters. The normalized spacial score (nSPS) is 19.1. The third-order valence-corrected chi connectivity index (χ3v) is 3.68. The number of amides is 2. The van der Waals surface area contributed by atoms with Crippen molar-refractivity contribution in [2.75, 3.05) is 25.5 Å². The van der Waals surface area contributed by atoms with Crippen LogP contribution in [0, 0.1) is 6.92 Å². The summed E-state index contributed by atoms with van der Waals surface area (Å²) in [6, 6.07) is 0. The largest absolute Gasteiger partial charge is 0.372 e. The Hall–Kier alpha value is -1.96. The smallest absolute Gasteiger partial charge is 0.252 e. The standard InChI is InChI=1S/C14H23N5O3/c1-4-19-14(15-10(2)17-19)16-12(20)9-18-8-6-5-7-11(22-3)13(18)21/h11H,4-9H2,1-3H3,(H,15,16,17,20). The van der Waals surface area contributed by atoms with Crippen molar-refractivity contribution in [1.29, 1.82) is 0 Å². The lowest BCUT2D eigenvalue weighted by molar-refractivity contribution is -0.143. The van der Waals surface area contributed by atoms with Crippen molar-refractivity contribution in [3.05, 3.63) is 5.82 Å². The van der Waals surface area contributed by atoms with Gasteiger partial charge in [-0.2, -0.15) is 10.1 Å². The van der Waals surface area contributed by atoms with Crippen molar-refractivity contribution in [3.63, 3.8) is 0 Å². The number of aryl methyl sites for hydroxylation is 2. The van der Waals surface area contributed by atoms with Gasteiger partial charge in [0.25, 0.3) is 5.91 Å². The Bertz CT molecular complexity index is 543. The number of rotatable bonds is 5. The minimum absolute atomic E-state index is 0.00825. The van der Waals surface area contributed by atoms with Gasteiger partial charge in [0.1, 0.15) is 18.5 Å². The molecule has 0 radical (unpaired) electrons. The quantitative estimate of drug-likeness (QED) is 0.859. The molecule has 1 aromatic rings. The molecule has 1 fully saturated rings. The van der Waals surface area contributed by atoms with Crippen LogP contribution >= 0.6 is 0 Å². The number of carbonyl (C=O) groups excluding carboxylic acids is 2. The Balaban J connectivity index is 1.99. The average molecular weight is 309 g/mol. The third-order valence-electron chi connectivity index (χ3n) is 3.68. The van der Waals surface area contributed by atoms with Crippen LogP contribution in [0.25, 0.3) is 0 Å². The number of anilines is 1. The summed E-state index contributed by atoms with van der Waals surface area (Å²) in [6.07, 6.45) is 2.06. The van der Waals surface area contributed by atoms with E-state index in [1.54, 1.807) is 16.5 Å². The Morgan fingerprint density at radius 2 is 2.23 bits per heavy atom. The minimum atomic E-state index is -0.447. The van der Waals surface area contributed by atoms with Crippen molar-refractivity contribution in [3.8, 4) is 0 Å². The molecular weight excluding hydrogens is 286 g/mol. The van der Waals surface area contributed by atoms with Gasteiger partial charge in [0, 0.05) is 20.2 Å². The summed E-state index contributed by atoms with van der Waals surface area (Å²) in [6.45, 7) is 4.89. The zero-order valence-corrected chi connectivity index (χ0v) is 13.3. The third kappa shape index (κ3) is 3.82. The Morgan fingerprint density at radius 3 is 2.91 bits per heavy atom. The lowest BCUT2D eigenvalue weighted by atomic mass is 10.2. The van der Waals surface area contributed by atoms with E-state index in [2.05, 4.69) is 15.4 Å². The van der Waals surface area contributed by atoms with Gasteiger partial charge in [-0.3, -0.25) is 14.9 Å². The topological polar surface area (TPSA) is 89.3 Å². The number of carbonyl (C=O) groups is 2. The summed E-state index contributed by atoms with van der Waals surface area (Å²) in [5, 5.41) is 6.89.